The van der Waals surface area contributed by atoms with Crippen LogP contribution in [0.5, 0.6) is 0 Å². The second kappa shape index (κ2) is 4.61. The summed E-state index contributed by atoms with van der Waals surface area (Å²) >= 11 is 0. The topological polar surface area (TPSA) is 41.1 Å². The Morgan fingerprint density at radius 2 is 1.82 bits per heavy atom. The first-order valence-electron chi connectivity index (χ1n) is 6.66. The van der Waals surface area contributed by atoms with E-state index in [9.17, 15) is 0 Å². The van der Waals surface area contributed by atoms with Crippen LogP contribution in [0.4, 0.5) is 5.95 Å². The lowest BCUT2D eigenvalue weighted by Crippen LogP contribution is -2.44. The predicted octanol–water partition coefficient (Wildman–Crippen LogP) is 1.07. The van der Waals surface area contributed by atoms with Crippen molar-refractivity contribution in [3.8, 4) is 0 Å². The maximum absolute atomic E-state index is 4.78. The summed E-state index contributed by atoms with van der Waals surface area (Å²) in [6.07, 6.45) is 4.88. The minimum atomic E-state index is 0.949. The molecule has 4 heteroatoms. The van der Waals surface area contributed by atoms with Gasteiger partial charge in [0.15, 0.2) is 0 Å². The second-order valence-electron chi connectivity index (χ2n) is 4.98. The Morgan fingerprint density at radius 1 is 1.06 bits per heavy atom. The van der Waals surface area contributed by atoms with Crippen molar-refractivity contribution in [2.75, 3.05) is 31.1 Å². The summed E-state index contributed by atoms with van der Waals surface area (Å²) in [5.74, 6) is 0.949. The molecule has 0 amide bonds. The molecule has 0 spiro atoms. The third-order valence-corrected chi connectivity index (χ3v) is 3.78. The van der Waals surface area contributed by atoms with E-state index in [2.05, 4.69) is 17.1 Å². The van der Waals surface area contributed by atoms with E-state index in [4.69, 9.17) is 9.97 Å². The Hall–Kier alpha value is -1.16. The number of rotatable bonds is 1. The van der Waals surface area contributed by atoms with Gasteiger partial charge < -0.3 is 10.2 Å². The smallest absolute Gasteiger partial charge is 0.225 e. The van der Waals surface area contributed by atoms with Gasteiger partial charge in [-0.05, 0) is 38.2 Å². The van der Waals surface area contributed by atoms with Crippen LogP contribution in [0.15, 0.2) is 0 Å². The normalized spacial score (nSPS) is 20.2. The van der Waals surface area contributed by atoms with Crippen molar-refractivity contribution in [3.05, 3.63) is 17.0 Å². The summed E-state index contributed by atoms with van der Waals surface area (Å²) in [4.78, 5) is 11.8. The Balaban J connectivity index is 1.92. The minimum Gasteiger partial charge on any atom is -0.338 e. The van der Waals surface area contributed by atoms with E-state index in [0.29, 0.717) is 0 Å². The van der Waals surface area contributed by atoms with Crippen LogP contribution in [0.2, 0.25) is 0 Å². The zero-order valence-corrected chi connectivity index (χ0v) is 10.5. The minimum absolute atomic E-state index is 0.949. The van der Waals surface area contributed by atoms with E-state index < -0.39 is 0 Å². The number of nitrogens with zero attached hydrogens (tertiary/aromatic N) is 3. The summed E-state index contributed by atoms with van der Waals surface area (Å²) in [5.41, 5.74) is 3.91. The third kappa shape index (κ3) is 2.14. The summed E-state index contributed by atoms with van der Waals surface area (Å²) < 4.78 is 0. The fraction of sp³-hybridized carbons (Fsp3) is 0.692. The van der Waals surface area contributed by atoms with E-state index >= 15 is 0 Å². The predicted molar refractivity (Wildman–Crippen MR) is 68.5 cm³/mol. The van der Waals surface area contributed by atoms with E-state index in [1.807, 2.05) is 0 Å². The van der Waals surface area contributed by atoms with Crippen LogP contribution in [0.1, 0.15) is 29.8 Å². The summed E-state index contributed by atoms with van der Waals surface area (Å²) in [6, 6.07) is 0. The summed E-state index contributed by atoms with van der Waals surface area (Å²) in [6.45, 7) is 6.27. The number of hydrogen-bond donors (Lipinski definition) is 1. The molecule has 1 aliphatic heterocycles. The monoisotopic (exact) mass is 232 g/mol. The average molecular weight is 232 g/mol. The van der Waals surface area contributed by atoms with Gasteiger partial charge >= 0.3 is 0 Å². The van der Waals surface area contributed by atoms with Crippen molar-refractivity contribution < 1.29 is 0 Å². The van der Waals surface area contributed by atoms with Gasteiger partial charge in [0.25, 0.3) is 0 Å². The van der Waals surface area contributed by atoms with Gasteiger partial charge in [0, 0.05) is 37.6 Å². The molecule has 0 atom stereocenters. The molecule has 1 aromatic heterocycles. The largest absolute Gasteiger partial charge is 0.338 e. The van der Waals surface area contributed by atoms with Crippen molar-refractivity contribution in [3.63, 3.8) is 0 Å². The van der Waals surface area contributed by atoms with Gasteiger partial charge in [-0.2, -0.15) is 0 Å². The van der Waals surface area contributed by atoms with Gasteiger partial charge in [-0.1, -0.05) is 0 Å². The molecular formula is C13H20N4. The fourth-order valence-corrected chi connectivity index (χ4v) is 2.77. The molecular weight excluding hydrogens is 212 g/mol. The van der Waals surface area contributed by atoms with Gasteiger partial charge in [-0.15, -0.1) is 0 Å². The molecule has 0 unspecified atom stereocenters. The van der Waals surface area contributed by atoms with Gasteiger partial charge in [-0.25, -0.2) is 9.97 Å². The molecule has 92 valence electrons. The maximum atomic E-state index is 4.78. The fourth-order valence-electron chi connectivity index (χ4n) is 2.77. The van der Waals surface area contributed by atoms with Crippen molar-refractivity contribution in [2.45, 2.75) is 32.6 Å². The van der Waals surface area contributed by atoms with Crippen LogP contribution < -0.4 is 10.2 Å². The number of piperazine rings is 1. The number of hydrogen-bond acceptors (Lipinski definition) is 4. The first-order chi connectivity index (χ1) is 8.34. The van der Waals surface area contributed by atoms with Crippen molar-refractivity contribution >= 4 is 5.95 Å². The number of fused-ring (bicyclic) bond motifs is 1. The summed E-state index contributed by atoms with van der Waals surface area (Å²) in [7, 11) is 0. The highest BCUT2D eigenvalue weighted by molar-refractivity contribution is 5.38. The molecule has 2 heterocycles. The first-order valence-corrected chi connectivity index (χ1v) is 6.66. The Bertz CT molecular complexity index is 410. The number of aryl methyl sites for hydroxylation is 2. The molecule has 0 saturated carbocycles. The average Bonchev–Trinajstić information content (AvgIpc) is 2.40. The molecule has 3 rings (SSSR count). The van der Waals surface area contributed by atoms with E-state index in [0.717, 1.165) is 38.5 Å². The molecule has 1 aromatic rings. The van der Waals surface area contributed by atoms with Crippen LogP contribution in [-0.4, -0.2) is 36.1 Å². The van der Waals surface area contributed by atoms with E-state index in [-0.39, 0.29) is 0 Å². The van der Waals surface area contributed by atoms with Crippen LogP contribution in [0.3, 0.4) is 0 Å². The Morgan fingerprint density at radius 3 is 2.65 bits per heavy atom. The molecule has 1 fully saturated rings. The van der Waals surface area contributed by atoms with Crippen molar-refractivity contribution in [2.24, 2.45) is 0 Å². The Labute approximate surface area is 102 Å². The maximum Gasteiger partial charge on any atom is 0.225 e. The zero-order valence-electron chi connectivity index (χ0n) is 10.5. The van der Waals surface area contributed by atoms with Crippen molar-refractivity contribution in [1.82, 2.24) is 15.3 Å². The van der Waals surface area contributed by atoms with Crippen LogP contribution in [0, 0.1) is 6.92 Å². The molecule has 0 radical (unpaired) electrons. The zero-order chi connectivity index (χ0) is 11.7. The van der Waals surface area contributed by atoms with Gasteiger partial charge in [-0.3, -0.25) is 0 Å². The standard InChI is InChI=1S/C13H20N4/c1-10-11-4-2-3-5-12(11)16-13(15-10)17-8-6-14-7-9-17/h14H,2-9H2,1H3. The van der Waals surface area contributed by atoms with Crippen LogP contribution in [0.25, 0.3) is 0 Å². The molecule has 0 aromatic carbocycles. The van der Waals surface area contributed by atoms with Gasteiger partial charge in [0.1, 0.15) is 0 Å². The van der Waals surface area contributed by atoms with Gasteiger partial charge in [0.2, 0.25) is 5.95 Å². The summed E-state index contributed by atoms with van der Waals surface area (Å²) in [5, 5.41) is 3.36. The Kier molecular flexibility index (Phi) is 2.97. The lowest BCUT2D eigenvalue weighted by atomic mass is 9.95. The quantitative estimate of drug-likeness (QED) is 0.786. The van der Waals surface area contributed by atoms with Crippen LogP contribution in [-0.2, 0) is 12.8 Å². The molecule has 1 N–H and O–H groups in total. The lowest BCUT2D eigenvalue weighted by Gasteiger charge is -2.29. The molecule has 4 nitrogen and oxygen atoms in total. The molecule has 1 aliphatic carbocycles. The van der Waals surface area contributed by atoms with Crippen LogP contribution >= 0.6 is 0 Å². The third-order valence-electron chi connectivity index (χ3n) is 3.78. The van der Waals surface area contributed by atoms with Gasteiger partial charge in [0.05, 0.1) is 0 Å². The highest BCUT2D eigenvalue weighted by atomic mass is 15.3. The molecule has 2 aliphatic rings. The second-order valence-corrected chi connectivity index (χ2v) is 4.98. The van der Waals surface area contributed by atoms with Crippen molar-refractivity contribution in [1.29, 1.82) is 0 Å². The highest BCUT2D eigenvalue weighted by Crippen LogP contribution is 2.24. The van der Waals surface area contributed by atoms with E-state index in [1.54, 1.807) is 0 Å². The first kappa shape index (κ1) is 11.0. The molecule has 0 bridgehead atoms. The lowest BCUT2D eigenvalue weighted by molar-refractivity contribution is 0.574. The molecule has 1 saturated heterocycles. The SMILES string of the molecule is Cc1nc(N2CCNCC2)nc2c1CCCC2. The number of aromatic nitrogens is 2. The molecule has 17 heavy (non-hydrogen) atoms. The van der Waals surface area contributed by atoms with E-state index in [1.165, 1.54) is 36.2 Å². The highest BCUT2D eigenvalue weighted by Gasteiger charge is 2.19. The number of anilines is 1. The number of nitrogens with one attached hydrogen (secondary N) is 1.